The van der Waals surface area contributed by atoms with Crippen LogP contribution in [-0.2, 0) is 14.3 Å². The third kappa shape index (κ3) is 7.93. The maximum Gasteiger partial charge on any atom is 0.319 e. The molecule has 31 heavy (non-hydrogen) atoms. The molecule has 1 aromatic carbocycles. The van der Waals surface area contributed by atoms with Gasteiger partial charge in [0.15, 0.2) is 0 Å². The molecule has 2 heterocycles. The zero-order valence-corrected chi connectivity index (χ0v) is 18.3. The average Bonchev–Trinajstić information content (AvgIpc) is 2.77. The highest BCUT2D eigenvalue weighted by Crippen LogP contribution is 2.22. The number of nitrogens with one attached hydrogen (secondary N) is 3. The molecule has 3 amide bonds. The van der Waals surface area contributed by atoms with Crippen molar-refractivity contribution in [2.75, 3.05) is 51.3 Å². The highest BCUT2D eigenvalue weighted by Gasteiger charge is 2.31. The molecule has 9 nitrogen and oxygen atoms in total. The molecule has 2 saturated heterocycles. The van der Waals surface area contributed by atoms with Crippen LogP contribution < -0.4 is 16.0 Å². The Hall–Kier alpha value is -1.91. The summed E-state index contributed by atoms with van der Waals surface area (Å²) in [6.07, 6.45) is 1.53. The number of ether oxygens (including phenoxy) is 2. The van der Waals surface area contributed by atoms with Crippen molar-refractivity contribution in [1.29, 1.82) is 0 Å². The lowest BCUT2D eigenvalue weighted by Crippen LogP contribution is -2.52. The van der Waals surface area contributed by atoms with Crippen LogP contribution in [0.4, 0.5) is 10.5 Å². The van der Waals surface area contributed by atoms with Crippen molar-refractivity contribution >= 4 is 29.2 Å². The largest absolute Gasteiger partial charge is 0.394 e. The van der Waals surface area contributed by atoms with Gasteiger partial charge in [-0.15, -0.1) is 0 Å². The Labute approximate surface area is 187 Å². The molecule has 0 saturated carbocycles. The predicted octanol–water partition coefficient (Wildman–Crippen LogP) is 1.21. The van der Waals surface area contributed by atoms with Crippen LogP contribution in [0, 0.1) is 0 Å². The summed E-state index contributed by atoms with van der Waals surface area (Å²) in [6.45, 7) is 3.59. The Morgan fingerprint density at radius 3 is 2.61 bits per heavy atom. The Balaban J connectivity index is 1.36. The maximum absolute atomic E-state index is 12.3. The van der Waals surface area contributed by atoms with E-state index in [1.165, 1.54) is 0 Å². The fraction of sp³-hybridized carbons (Fsp3) is 0.619. The average molecular weight is 455 g/mol. The van der Waals surface area contributed by atoms with Crippen LogP contribution >= 0.6 is 11.6 Å². The second kappa shape index (κ2) is 12.2. The number of amides is 3. The minimum absolute atomic E-state index is 0.00479. The number of nitrogens with zero attached hydrogens (tertiary/aromatic N) is 1. The van der Waals surface area contributed by atoms with E-state index >= 15 is 0 Å². The van der Waals surface area contributed by atoms with Crippen molar-refractivity contribution < 1.29 is 24.2 Å². The zero-order valence-electron chi connectivity index (χ0n) is 17.5. The van der Waals surface area contributed by atoms with Gasteiger partial charge in [0.05, 0.1) is 38.5 Å². The number of anilines is 1. The van der Waals surface area contributed by atoms with Gasteiger partial charge in [0, 0.05) is 30.3 Å². The van der Waals surface area contributed by atoms with Gasteiger partial charge < -0.3 is 30.5 Å². The van der Waals surface area contributed by atoms with E-state index in [4.69, 9.17) is 21.1 Å². The highest BCUT2D eigenvalue weighted by molar-refractivity contribution is 6.30. The summed E-state index contributed by atoms with van der Waals surface area (Å²) in [5, 5.41) is 18.9. The number of hydrogen-bond donors (Lipinski definition) is 4. The molecule has 172 valence electrons. The highest BCUT2D eigenvalue weighted by atomic mass is 35.5. The molecule has 1 aromatic rings. The third-order valence-corrected chi connectivity index (χ3v) is 5.73. The number of carbonyl (C=O) groups excluding carboxylic acids is 2. The molecule has 2 aliphatic rings. The molecular formula is C21H31ClN4O5. The summed E-state index contributed by atoms with van der Waals surface area (Å²) in [4.78, 5) is 26.4. The molecule has 2 fully saturated rings. The van der Waals surface area contributed by atoms with Crippen LogP contribution in [0.25, 0.3) is 0 Å². The molecule has 0 aliphatic carbocycles. The van der Waals surface area contributed by atoms with Crippen molar-refractivity contribution in [3.05, 3.63) is 29.3 Å². The van der Waals surface area contributed by atoms with E-state index in [1.807, 2.05) is 0 Å². The van der Waals surface area contributed by atoms with Gasteiger partial charge in [0.2, 0.25) is 5.91 Å². The van der Waals surface area contributed by atoms with E-state index < -0.39 is 6.10 Å². The number of rotatable bonds is 8. The first-order chi connectivity index (χ1) is 15.0. The quantitative estimate of drug-likeness (QED) is 0.469. The minimum Gasteiger partial charge on any atom is -0.394 e. The van der Waals surface area contributed by atoms with Crippen molar-refractivity contribution in [1.82, 2.24) is 15.5 Å². The lowest BCUT2D eigenvalue weighted by molar-refractivity contribution is -0.123. The number of aliphatic hydroxyl groups excluding tert-OH is 1. The van der Waals surface area contributed by atoms with Crippen molar-refractivity contribution in [3.8, 4) is 0 Å². The molecule has 0 aromatic heterocycles. The topological polar surface area (TPSA) is 112 Å². The summed E-state index contributed by atoms with van der Waals surface area (Å²) in [5.74, 6) is -0.00479. The number of morpholine rings is 1. The lowest BCUT2D eigenvalue weighted by atomic mass is 9.97. The summed E-state index contributed by atoms with van der Waals surface area (Å²) < 4.78 is 11.2. The van der Waals surface area contributed by atoms with Crippen molar-refractivity contribution in [2.24, 2.45) is 0 Å². The molecule has 3 rings (SSSR count). The molecule has 0 radical (unpaired) electrons. The van der Waals surface area contributed by atoms with Gasteiger partial charge in [-0.05, 0) is 43.5 Å². The second-order valence-corrected chi connectivity index (χ2v) is 8.23. The Kier molecular flexibility index (Phi) is 9.35. The van der Waals surface area contributed by atoms with E-state index in [2.05, 4.69) is 20.9 Å². The van der Waals surface area contributed by atoms with Gasteiger partial charge >= 0.3 is 6.03 Å². The predicted molar refractivity (Wildman–Crippen MR) is 117 cm³/mol. The maximum atomic E-state index is 12.3. The van der Waals surface area contributed by atoms with Crippen LogP contribution in [0.2, 0.25) is 5.02 Å². The Morgan fingerprint density at radius 2 is 1.90 bits per heavy atom. The Bertz CT molecular complexity index is 714. The standard InChI is InChI=1S/C21H31ClN4O5/c22-15-1-3-16(4-2-15)24-21(29)25-18-6-5-17(31-19(18)14-27)7-8-23-20(28)13-26-9-11-30-12-10-26/h1-4,17-19,27H,5-14H2,(H,23,28)(H2,24,25,29)/t17-,18-,19+/m0/s1. The molecule has 0 spiro atoms. The summed E-state index contributed by atoms with van der Waals surface area (Å²) in [6, 6.07) is 6.18. The molecule has 2 aliphatic heterocycles. The minimum atomic E-state index is -0.487. The van der Waals surface area contributed by atoms with Gasteiger partial charge in [-0.3, -0.25) is 9.69 Å². The van der Waals surface area contributed by atoms with Crippen LogP contribution in [0.1, 0.15) is 19.3 Å². The van der Waals surface area contributed by atoms with Gasteiger partial charge in [0.1, 0.15) is 6.10 Å². The van der Waals surface area contributed by atoms with Crippen LogP contribution in [0.3, 0.4) is 0 Å². The van der Waals surface area contributed by atoms with Crippen LogP contribution in [0.5, 0.6) is 0 Å². The normalized spacial score (nSPS) is 24.4. The first-order valence-corrected chi connectivity index (χ1v) is 11.1. The SMILES string of the molecule is O=C(CN1CCOCC1)NCC[C@@H]1CC[C@H](NC(=O)Nc2ccc(Cl)cc2)[C@@H](CO)O1. The molecule has 4 N–H and O–H groups in total. The monoisotopic (exact) mass is 454 g/mol. The number of aliphatic hydroxyl groups is 1. The second-order valence-electron chi connectivity index (χ2n) is 7.80. The van der Waals surface area contributed by atoms with Gasteiger partial charge in [-0.1, -0.05) is 11.6 Å². The summed E-state index contributed by atoms with van der Waals surface area (Å²) in [7, 11) is 0. The zero-order chi connectivity index (χ0) is 22.1. The van der Waals surface area contributed by atoms with Crippen LogP contribution in [-0.4, -0.2) is 86.2 Å². The van der Waals surface area contributed by atoms with Crippen LogP contribution in [0.15, 0.2) is 24.3 Å². The number of benzene rings is 1. The number of hydrogen-bond acceptors (Lipinski definition) is 6. The van der Waals surface area contributed by atoms with Gasteiger partial charge in [-0.25, -0.2) is 4.79 Å². The third-order valence-electron chi connectivity index (χ3n) is 5.47. The lowest BCUT2D eigenvalue weighted by Gasteiger charge is -2.36. The summed E-state index contributed by atoms with van der Waals surface area (Å²) >= 11 is 5.85. The first kappa shape index (κ1) is 23.7. The fourth-order valence-corrected chi connectivity index (χ4v) is 3.89. The van der Waals surface area contributed by atoms with Gasteiger partial charge in [-0.2, -0.15) is 0 Å². The van der Waals surface area contributed by atoms with E-state index in [9.17, 15) is 14.7 Å². The molecule has 0 unspecified atom stereocenters. The molecular weight excluding hydrogens is 424 g/mol. The van der Waals surface area contributed by atoms with Gasteiger partial charge in [0.25, 0.3) is 0 Å². The smallest absolute Gasteiger partial charge is 0.319 e. The van der Waals surface area contributed by atoms with E-state index in [1.54, 1.807) is 24.3 Å². The fourth-order valence-electron chi connectivity index (χ4n) is 3.77. The van der Waals surface area contributed by atoms with E-state index in [-0.39, 0.29) is 30.7 Å². The molecule has 10 heteroatoms. The van der Waals surface area contributed by atoms with E-state index in [0.717, 1.165) is 19.5 Å². The Morgan fingerprint density at radius 1 is 1.16 bits per heavy atom. The van der Waals surface area contributed by atoms with Crippen molar-refractivity contribution in [3.63, 3.8) is 0 Å². The number of carbonyl (C=O) groups is 2. The number of halogens is 1. The van der Waals surface area contributed by atoms with E-state index in [0.29, 0.717) is 49.9 Å². The molecule has 0 bridgehead atoms. The summed E-state index contributed by atoms with van der Waals surface area (Å²) in [5.41, 5.74) is 0.630. The van der Waals surface area contributed by atoms with Crippen molar-refractivity contribution in [2.45, 2.75) is 37.5 Å². The molecule has 3 atom stereocenters. The first-order valence-electron chi connectivity index (χ1n) is 10.7. The number of urea groups is 1.